The van der Waals surface area contributed by atoms with Crippen molar-refractivity contribution in [3.8, 4) is 0 Å². The van der Waals surface area contributed by atoms with Gasteiger partial charge in [-0.2, -0.15) is 0 Å². The van der Waals surface area contributed by atoms with Gasteiger partial charge in [0.15, 0.2) is 5.16 Å². The summed E-state index contributed by atoms with van der Waals surface area (Å²) in [4.78, 5) is 24.6. The Morgan fingerprint density at radius 2 is 1.75 bits per heavy atom. The number of para-hydroxylation sites is 1. The van der Waals surface area contributed by atoms with Gasteiger partial charge in [-0.05, 0) is 17.7 Å². The van der Waals surface area contributed by atoms with Crippen LogP contribution >= 0.6 is 23.5 Å². The number of hydrogen-bond donors (Lipinski definition) is 2. The van der Waals surface area contributed by atoms with Crippen LogP contribution in [0.15, 0.2) is 70.7 Å². The van der Waals surface area contributed by atoms with Gasteiger partial charge in [0, 0.05) is 16.7 Å². The first-order valence-corrected chi connectivity index (χ1v) is 10.7. The summed E-state index contributed by atoms with van der Waals surface area (Å²) >= 11 is 3.01. The molecular weight excluding hydrogens is 390 g/mol. The van der Waals surface area contributed by atoms with Gasteiger partial charge in [0.05, 0.1) is 17.5 Å². The number of anilines is 3. The van der Waals surface area contributed by atoms with Crippen LogP contribution in [-0.4, -0.2) is 27.4 Å². The summed E-state index contributed by atoms with van der Waals surface area (Å²) in [5.74, 6) is 1.59. The molecule has 4 rings (SSSR count). The van der Waals surface area contributed by atoms with E-state index in [4.69, 9.17) is 11.5 Å². The monoisotopic (exact) mass is 409 g/mol. The Hall–Kier alpha value is -2.71. The Kier molecular flexibility index (Phi) is 5.40. The molecule has 4 N–H and O–H groups in total. The summed E-state index contributed by atoms with van der Waals surface area (Å²) in [6, 6.07) is 19.6. The summed E-state index contributed by atoms with van der Waals surface area (Å²) in [5, 5.41) is 0.404. The van der Waals surface area contributed by atoms with Gasteiger partial charge in [0.25, 0.3) is 0 Å². The number of carbonyl (C=O) groups is 1. The first kappa shape index (κ1) is 18.6. The highest BCUT2D eigenvalue weighted by Crippen LogP contribution is 2.43. The molecule has 0 radical (unpaired) electrons. The lowest BCUT2D eigenvalue weighted by atomic mass is 10.1. The highest BCUT2D eigenvalue weighted by Gasteiger charge is 2.32. The first-order chi connectivity index (χ1) is 13.6. The van der Waals surface area contributed by atoms with Crippen LogP contribution in [0.3, 0.4) is 0 Å². The molecule has 1 unspecified atom stereocenters. The molecule has 0 bridgehead atoms. The van der Waals surface area contributed by atoms with Gasteiger partial charge >= 0.3 is 0 Å². The zero-order chi connectivity index (χ0) is 19.5. The van der Waals surface area contributed by atoms with E-state index in [9.17, 15) is 4.79 Å². The van der Waals surface area contributed by atoms with E-state index in [1.807, 2.05) is 41.3 Å². The summed E-state index contributed by atoms with van der Waals surface area (Å²) < 4.78 is 0. The van der Waals surface area contributed by atoms with E-state index in [0.29, 0.717) is 16.8 Å². The van der Waals surface area contributed by atoms with Crippen molar-refractivity contribution >= 4 is 46.8 Å². The SMILES string of the molecule is Nc1cc(N)nc(SCC(=O)N2c3ccccc3SCC2c2ccccc2)n1. The average Bonchev–Trinajstić information content (AvgIpc) is 2.71. The standard InChI is InChI=1S/C20H19N5OS2/c21-17-10-18(22)24-20(23-17)28-12-19(26)25-14-8-4-5-9-16(14)27-11-15(25)13-6-2-1-3-7-13/h1-10,15H,11-12H2,(H4,21,22,23,24). The molecule has 6 nitrogen and oxygen atoms in total. The lowest BCUT2D eigenvalue weighted by Gasteiger charge is -2.37. The van der Waals surface area contributed by atoms with Gasteiger partial charge in [-0.25, -0.2) is 9.97 Å². The van der Waals surface area contributed by atoms with E-state index in [1.165, 1.54) is 17.8 Å². The van der Waals surface area contributed by atoms with Gasteiger partial charge in [0.2, 0.25) is 5.91 Å². The van der Waals surface area contributed by atoms with E-state index in [1.54, 1.807) is 11.8 Å². The van der Waals surface area contributed by atoms with Crippen molar-refractivity contribution in [1.82, 2.24) is 9.97 Å². The van der Waals surface area contributed by atoms with Crippen molar-refractivity contribution < 1.29 is 4.79 Å². The van der Waals surface area contributed by atoms with Crippen LogP contribution < -0.4 is 16.4 Å². The fourth-order valence-corrected chi connectivity index (χ4v) is 5.04. The molecule has 0 saturated carbocycles. The molecule has 142 valence electrons. The number of rotatable bonds is 4. The summed E-state index contributed by atoms with van der Waals surface area (Å²) in [5.41, 5.74) is 13.5. The van der Waals surface area contributed by atoms with Crippen LogP contribution in [-0.2, 0) is 4.79 Å². The van der Waals surface area contributed by atoms with Gasteiger partial charge in [-0.1, -0.05) is 54.2 Å². The Morgan fingerprint density at radius 3 is 2.50 bits per heavy atom. The quantitative estimate of drug-likeness (QED) is 0.502. The number of aromatic nitrogens is 2. The molecule has 1 amide bonds. The Balaban J connectivity index is 1.62. The maximum Gasteiger partial charge on any atom is 0.238 e. The topological polar surface area (TPSA) is 98.1 Å². The number of nitrogen functional groups attached to an aromatic ring is 2. The number of carbonyl (C=O) groups excluding carboxylic acids is 1. The van der Waals surface area contributed by atoms with Crippen molar-refractivity contribution in [3.05, 3.63) is 66.2 Å². The lowest BCUT2D eigenvalue weighted by molar-refractivity contribution is -0.116. The van der Waals surface area contributed by atoms with Crippen LogP contribution in [0.2, 0.25) is 0 Å². The summed E-state index contributed by atoms with van der Waals surface area (Å²) in [6.45, 7) is 0. The minimum atomic E-state index is -0.0268. The lowest BCUT2D eigenvalue weighted by Crippen LogP contribution is -2.39. The van der Waals surface area contributed by atoms with E-state index >= 15 is 0 Å². The van der Waals surface area contributed by atoms with Crippen molar-refractivity contribution in [2.24, 2.45) is 0 Å². The van der Waals surface area contributed by atoms with Crippen LogP contribution in [0.1, 0.15) is 11.6 Å². The molecule has 1 aliphatic heterocycles. The van der Waals surface area contributed by atoms with E-state index in [2.05, 4.69) is 28.2 Å². The highest BCUT2D eigenvalue weighted by molar-refractivity contribution is 8.00. The molecular formula is C20H19N5OS2. The smallest absolute Gasteiger partial charge is 0.238 e. The van der Waals surface area contributed by atoms with Crippen molar-refractivity contribution in [2.45, 2.75) is 16.1 Å². The minimum absolute atomic E-state index is 0.00352. The second-order valence-corrected chi connectivity index (χ2v) is 8.26. The number of thioether (sulfide) groups is 2. The maximum atomic E-state index is 13.3. The third-order valence-electron chi connectivity index (χ3n) is 4.36. The third-order valence-corrected chi connectivity index (χ3v) is 6.33. The van der Waals surface area contributed by atoms with Crippen molar-refractivity contribution in [3.63, 3.8) is 0 Å². The fraction of sp³-hybridized carbons (Fsp3) is 0.150. The number of fused-ring (bicyclic) bond motifs is 1. The molecule has 8 heteroatoms. The zero-order valence-electron chi connectivity index (χ0n) is 15.0. The van der Waals surface area contributed by atoms with Gasteiger partial charge in [0.1, 0.15) is 11.6 Å². The number of nitrogens with zero attached hydrogens (tertiary/aromatic N) is 3. The predicted octanol–water partition coefficient (Wildman–Crippen LogP) is 3.61. The van der Waals surface area contributed by atoms with Gasteiger partial charge < -0.3 is 16.4 Å². The average molecular weight is 410 g/mol. The van der Waals surface area contributed by atoms with Crippen molar-refractivity contribution in [1.29, 1.82) is 0 Å². The Morgan fingerprint density at radius 1 is 1.07 bits per heavy atom. The molecule has 0 fully saturated rings. The van der Waals surface area contributed by atoms with Crippen molar-refractivity contribution in [2.75, 3.05) is 27.9 Å². The zero-order valence-corrected chi connectivity index (χ0v) is 16.6. The molecule has 1 atom stereocenters. The van der Waals surface area contributed by atoms with Crippen LogP contribution in [0.4, 0.5) is 17.3 Å². The highest BCUT2D eigenvalue weighted by atomic mass is 32.2. The number of nitrogens with two attached hydrogens (primary N) is 2. The van der Waals surface area contributed by atoms with Gasteiger partial charge in [-0.15, -0.1) is 11.8 Å². The van der Waals surface area contributed by atoms with E-state index in [-0.39, 0.29) is 17.7 Å². The second kappa shape index (κ2) is 8.12. The fourth-order valence-electron chi connectivity index (χ4n) is 3.14. The minimum Gasteiger partial charge on any atom is -0.383 e. The van der Waals surface area contributed by atoms with E-state index < -0.39 is 0 Å². The number of amides is 1. The molecule has 28 heavy (non-hydrogen) atoms. The number of benzene rings is 2. The maximum absolute atomic E-state index is 13.3. The molecule has 0 spiro atoms. The van der Waals surface area contributed by atoms with Crippen LogP contribution in [0, 0.1) is 0 Å². The molecule has 0 saturated heterocycles. The Labute approximate surface area is 171 Å². The number of hydrogen-bond acceptors (Lipinski definition) is 7. The third kappa shape index (κ3) is 3.93. The first-order valence-electron chi connectivity index (χ1n) is 8.73. The molecule has 2 heterocycles. The van der Waals surface area contributed by atoms with Crippen LogP contribution in [0.25, 0.3) is 0 Å². The molecule has 1 aromatic heterocycles. The molecule has 0 aliphatic carbocycles. The van der Waals surface area contributed by atoms with Crippen LogP contribution in [0.5, 0.6) is 0 Å². The molecule has 1 aliphatic rings. The predicted molar refractivity (Wildman–Crippen MR) is 115 cm³/mol. The largest absolute Gasteiger partial charge is 0.383 e. The normalized spacial score (nSPS) is 15.9. The summed E-state index contributed by atoms with van der Waals surface area (Å²) in [6.07, 6.45) is 0. The van der Waals surface area contributed by atoms with E-state index in [0.717, 1.165) is 21.9 Å². The summed E-state index contributed by atoms with van der Waals surface area (Å²) in [7, 11) is 0. The molecule has 3 aromatic rings. The second-order valence-electron chi connectivity index (χ2n) is 6.26. The molecule has 2 aromatic carbocycles. The van der Waals surface area contributed by atoms with Gasteiger partial charge in [-0.3, -0.25) is 4.79 Å². The Bertz CT molecular complexity index is 979.